The zero-order valence-electron chi connectivity index (χ0n) is 15.7. The van der Waals surface area contributed by atoms with Crippen molar-refractivity contribution >= 4 is 22.5 Å². The van der Waals surface area contributed by atoms with Gasteiger partial charge in [-0.3, -0.25) is 14.7 Å². The molecule has 5 heteroatoms. The number of amides is 1. The molecule has 3 aromatic rings. The summed E-state index contributed by atoms with van der Waals surface area (Å²) in [5.74, 6) is 0.528. The molecule has 1 N–H and O–H groups in total. The largest absolute Gasteiger partial charge is 0.495 e. The topological polar surface area (TPSA) is 54.5 Å². The number of methoxy groups -OCH3 is 1. The number of carbonyl (C=O) groups is 1. The average molecular weight is 361 g/mol. The molecule has 2 aromatic carbocycles. The Labute approximate surface area is 159 Å². The number of hydrogen-bond donors (Lipinski definition) is 1. The summed E-state index contributed by atoms with van der Waals surface area (Å²) in [6, 6.07) is 15.3. The molecule has 0 bridgehead atoms. The van der Waals surface area contributed by atoms with E-state index in [-0.39, 0.29) is 5.91 Å². The Morgan fingerprint density at radius 3 is 2.78 bits per heavy atom. The summed E-state index contributed by atoms with van der Waals surface area (Å²) in [6.45, 7) is 4.83. The van der Waals surface area contributed by atoms with Crippen LogP contribution in [0, 0.1) is 0 Å². The minimum absolute atomic E-state index is 0.118. The summed E-state index contributed by atoms with van der Waals surface area (Å²) in [7, 11) is 1.60. The number of para-hydroxylation sites is 3. The van der Waals surface area contributed by atoms with Gasteiger partial charge in [-0.15, -0.1) is 0 Å². The van der Waals surface area contributed by atoms with Gasteiger partial charge in [0.2, 0.25) is 0 Å². The van der Waals surface area contributed by atoms with Crippen molar-refractivity contribution in [2.75, 3.05) is 25.5 Å². The van der Waals surface area contributed by atoms with E-state index in [1.165, 1.54) is 0 Å². The average Bonchev–Trinajstić information content (AvgIpc) is 2.71. The number of anilines is 1. The third-order valence-electron chi connectivity index (χ3n) is 5.15. The van der Waals surface area contributed by atoms with Crippen LogP contribution in [-0.2, 0) is 13.0 Å². The van der Waals surface area contributed by atoms with Gasteiger partial charge in [0, 0.05) is 36.2 Å². The van der Waals surface area contributed by atoms with Gasteiger partial charge in [0.1, 0.15) is 5.75 Å². The van der Waals surface area contributed by atoms with E-state index in [1.807, 2.05) is 48.5 Å². The Morgan fingerprint density at radius 2 is 1.96 bits per heavy atom. The molecule has 138 valence electrons. The fourth-order valence-electron chi connectivity index (χ4n) is 3.71. The molecule has 0 aliphatic carbocycles. The number of nitrogens with one attached hydrogen (secondary N) is 1. The number of carbonyl (C=O) groups excluding carboxylic acids is 1. The van der Waals surface area contributed by atoms with Crippen LogP contribution in [-0.4, -0.2) is 36.0 Å². The molecule has 0 saturated carbocycles. The number of nitrogens with zero attached hydrogens (tertiary/aromatic N) is 2. The lowest BCUT2D eigenvalue weighted by Gasteiger charge is -2.29. The van der Waals surface area contributed by atoms with Gasteiger partial charge < -0.3 is 10.1 Å². The van der Waals surface area contributed by atoms with Gasteiger partial charge >= 0.3 is 0 Å². The van der Waals surface area contributed by atoms with Gasteiger partial charge in [-0.25, -0.2) is 0 Å². The van der Waals surface area contributed by atoms with Crippen LogP contribution >= 0.6 is 0 Å². The minimum Gasteiger partial charge on any atom is -0.495 e. The maximum Gasteiger partial charge on any atom is 0.256 e. The molecule has 0 atom stereocenters. The Morgan fingerprint density at radius 1 is 1.19 bits per heavy atom. The van der Waals surface area contributed by atoms with Crippen molar-refractivity contribution in [1.82, 2.24) is 9.88 Å². The van der Waals surface area contributed by atoms with E-state index >= 15 is 0 Å². The van der Waals surface area contributed by atoms with E-state index in [0.29, 0.717) is 11.4 Å². The summed E-state index contributed by atoms with van der Waals surface area (Å²) >= 11 is 0. The van der Waals surface area contributed by atoms with Crippen molar-refractivity contribution in [3.63, 3.8) is 0 Å². The molecule has 1 amide bonds. The van der Waals surface area contributed by atoms with Crippen molar-refractivity contribution in [3.8, 4) is 5.75 Å². The monoisotopic (exact) mass is 361 g/mol. The van der Waals surface area contributed by atoms with Gasteiger partial charge in [-0.1, -0.05) is 37.3 Å². The molecule has 2 heterocycles. The van der Waals surface area contributed by atoms with Gasteiger partial charge in [0.25, 0.3) is 5.91 Å². The highest BCUT2D eigenvalue weighted by atomic mass is 16.5. The van der Waals surface area contributed by atoms with Crippen LogP contribution in [0.5, 0.6) is 5.75 Å². The normalized spacial score (nSPS) is 14.0. The van der Waals surface area contributed by atoms with E-state index in [4.69, 9.17) is 9.72 Å². The minimum atomic E-state index is -0.118. The molecular formula is C22H23N3O2. The molecule has 1 aromatic heterocycles. The Bertz CT molecular complexity index is 1000. The summed E-state index contributed by atoms with van der Waals surface area (Å²) < 4.78 is 5.38. The SMILES string of the molecule is CCN1CCc2nc3ccccc3c(C(=O)Nc3ccccc3OC)c2C1. The smallest absolute Gasteiger partial charge is 0.256 e. The summed E-state index contributed by atoms with van der Waals surface area (Å²) in [6.07, 6.45) is 0.864. The van der Waals surface area contributed by atoms with E-state index in [2.05, 4.69) is 17.1 Å². The maximum atomic E-state index is 13.4. The summed E-state index contributed by atoms with van der Waals surface area (Å²) in [4.78, 5) is 20.5. The molecule has 1 aliphatic rings. The number of pyridine rings is 1. The number of rotatable bonds is 4. The number of likely N-dealkylation sites (N-methyl/N-ethyl adjacent to an activating group) is 1. The lowest BCUT2D eigenvalue weighted by molar-refractivity contribution is 0.102. The highest BCUT2D eigenvalue weighted by molar-refractivity contribution is 6.14. The van der Waals surface area contributed by atoms with E-state index in [0.717, 1.165) is 53.8 Å². The van der Waals surface area contributed by atoms with Crippen molar-refractivity contribution in [2.24, 2.45) is 0 Å². The maximum absolute atomic E-state index is 13.4. The highest BCUT2D eigenvalue weighted by Crippen LogP contribution is 2.30. The number of benzene rings is 2. The van der Waals surface area contributed by atoms with Gasteiger partial charge in [0.15, 0.2) is 0 Å². The van der Waals surface area contributed by atoms with Crippen LogP contribution in [0.4, 0.5) is 5.69 Å². The first-order chi connectivity index (χ1) is 13.2. The Balaban J connectivity index is 1.83. The summed E-state index contributed by atoms with van der Waals surface area (Å²) in [5, 5.41) is 3.93. The fraction of sp³-hybridized carbons (Fsp3) is 0.273. The van der Waals surface area contributed by atoms with Crippen LogP contribution in [0.2, 0.25) is 0 Å². The molecule has 0 spiro atoms. The molecule has 4 rings (SSSR count). The molecule has 5 nitrogen and oxygen atoms in total. The predicted octanol–water partition coefficient (Wildman–Crippen LogP) is 3.87. The van der Waals surface area contributed by atoms with Crippen LogP contribution in [0.15, 0.2) is 48.5 Å². The van der Waals surface area contributed by atoms with Crippen LogP contribution in [0.25, 0.3) is 10.9 Å². The summed E-state index contributed by atoms with van der Waals surface area (Å²) in [5.41, 5.74) is 4.33. The van der Waals surface area contributed by atoms with Crippen molar-refractivity contribution in [1.29, 1.82) is 0 Å². The number of aromatic nitrogens is 1. The lowest BCUT2D eigenvalue weighted by Crippen LogP contribution is -2.33. The first-order valence-electron chi connectivity index (χ1n) is 9.28. The van der Waals surface area contributed by atoms with Crippen molar-refractivity contribution < 1.29 is 9.53 Å². The lowest BCUT2D eigenvalue weighted by atomic mass is 9.95. The zero-order chi connectivity index (χ0) is 18.8. The zero-order valence-corrected chi connectivity index (χ0v) is 15.7. The van der Waals surface area contributed by atoms with E-state index in [1.54, 1.807) is 7.11 Å². The number of fused-ring (bicyclic) bond motifs is 2. The Kier molecular flexibility index (Phi) is 4.77. The van der Waals surface area contributed by atoms with Crippen molar-refractivity contribution in [2.45, 2.75) is 19.9 Å². The molecule has 1 aliphatic heterocycles. The predicted molar refractivity (Wildman–Crippen MR) is 107 cm³/mol. The standard InChI is InChI=1S/C22H23N3O2/c1-3-25-13-12-18-16(14-25)21(15-8-4-5-9-17(15)23-18)22(26)24-19-10-6-7-11-20(19)27-2/h4-11H,3,12-14H2,1-2H3,(H,24,26). The number of hydrogen-bond acceptors (Lipinski definition) is 4. The second-order valence-electron chi connectivity index (χ2n) is 6.70. The van der Waals surface area contributed by atoms with Gasteiger partial charge in [-0.2, -0.15) is 0 Å². The quantitative estimate of drug-likeness (QED) is 0.766. The van der Waals surface area contributed by atoms with Crippen molar-refractivity contribution in [3.05, 3.63) is 65.4 Å². The molecule has 27 heavy (non-hydrogen) atoms. The first-order valence-corrected chi connectivity index (χ1v) is 9.28. The molecule has 0 unspecified atom stereocenters. The second kappa shape index (κ2) is 7.37. The third kappa shape index (κ3) is 3.26. The Hall–Kier alpha value is -2.92. The van der Waals surface area contributed by atoms with Crippen LogP contribution in [0.3, 0.4) is 0 Å². The second-order valence-corrected chi connectivity index (χ2v) is 6.70. The molecule has 0 saturated heterocycles. The third-order valence-corrected chi connectivity index (χ3v) is 5.15. The van der Waals surface area contributed by atoms with Gasteiger partial charge in [0.05, 0.1) is 23.9 Å². The van der Waals surface area contributed by atoms with Crippen LogP contribution in [0.1, 0.15) is 28.5 Å². The molecule has 0 fully saturated rings. The molecular weight excluding hydrogens is 338 g/mol. The van der Waals surface area contributed by atoms with Crippen LogP contribution < -0.4 is 10.1 Å². The first kappa shape index (κ1) is 17.5. The van der Waals surface area contributed by atoms with E-state index < -0.39 is 0 Å². The van der Waals surface area contributed by atoms with Gasteiger partial charge in [-0.05, 0) is 24.7 Å². The fourth-order valence-corrected chi connectivity index (χ4v) is 3.71. The molecule has 0 radical (unpaired) electrons. The highest BCUT2D eigenvalue weighted by Gasteiger charge is 2.25. The van der Waals surface area contributed by atoms with E-state index in [9.17, 15) is 4.79 Å². The number of ether oxygens (including phenoxy) is 1.